The number of carboxylic acids is 3. The molecule has 0 radical (unpaired) electrons. The lowest BCUT2D eigenvalue weighted by atomic mass is 10.1. The molecule has 0 heterocycles. The Morgan fingerprint density at radius 3 is 2.12 bits per heavy atom. The van der Waals surface area contributed by atoms with Crippen LogP contribution in [0.15, 0.2) is 24.3 Å². The molecule has 0 saturated heterocycles. The van der Waals surface area contributed by atoms with Crippen molar-refractivity contribution in [3.8, 4) is 0 Å². The minimum atomic E-state index is -1.47. The lowest BCUT2D eigenvalue weighted by Gasteiger charge is -2.26. The Hall–Kier alpha value is -3.70. The zero-order valence-electron chi connectivity index (χ0n) is 17.4. The molecule has 0 aliphatic heterocycles. The molecule has 0 bridgehead atoms. The molecule has 0 aliphatic rings. The van der Waals surface area contributed by atoms with Gasteiger partial charge in [0.15, 0.2) is 0 Å². The molecule has 5 N–H and O–H groups in total. The van der Waals surface area contributed by atoms with E-state index in [-0.39, 0.29) is 24.9 Å². The van der Waals surface area contributed by atoms with Crippen LogP contribution in [-0.4, -0.2) is 75.7 Å². The van der Waals surface area contributed by atoms with Crippen LogP contribution >= 0.6 is 0 Å². The minimum absolute atomic E-state index is 0.0402. The lowest BCUT2D eigenvalue weighted by Crippen LogP contribution is -2.52. The molecule has 0 saturated carbocycles. The van der Waals surface area contributed by atoms with E-state index in [0.29, 0.717) is 12.8 Å². The standard InChI is InChI=1S/C20H26FN3O8/c1-24(20(32)23-14(18(28)29)9-10-16(25)26)15(19(30)31)4-2-3-11-22-17(27)12-5-7-13(21)8-6-12/h5-8,14-15H,2-4,9-11H2,1H3,(H,22,27)(H,23,32)(H,25,26)(H,28,29)(H,30,31). The van der Waals surface area contributed by atoms with Crippen molar-refractivity contribution in [2.24, 2.45) is 0 Å². The largest absolute Gasteiger partial charge is 0.481 e. The van der Waals surface area contributed by atoms with Crippen LogP contribution in [0.5, 0.6) is 0 Å². The van der Waals surface area contributed by atoms with Gasteiger partial charge in [-0.1, -0.05) is 0 Å². The van der Waals surface area contributed by atoms with Crippen LogP contribution in [0.2, 0.25) is 0 Å². The molecular formula is C20H26FN3O8. The van der Waals surface area contributed by atoms with Crippen LogP contribution in [0.25, 0.3) is 0 Å². The summed E-state index contributed by atoms with van der Waals surface area (Å²) in [6, 6.07) is 1.29. The van der Waals surface area contributed by atoms with E-state index in [2.05, 4.69) is 10.6 Å². The van der Waals surface area contributed by atoms with Crippen LogP contribution in [0.3, 0.4) is 0 Å². The number of carbonyl (C=O) groups excluding carboxylic acids is 2. The van der Waals surface area contributed by atoms with Gasteiger partial charge in [0.25, 0.3) is 5.91 Å². The number of carbonyl (C=O) groups is 5. The van der Waals surface area contributed by atoms with Crippen LogP contribution in [-0.2, 0) is 14.4 Å². The van der Waals surface area contributed by atoms with E-state index < -0.39 is 54.2 Å². The molecule has 1 aromatic rings. The number of urea groups is 1. The first kappa shape index (κ1) is 26.3. The number of unbranched alkanes of at least 4 members (excludes halogenated alkanes) is 1. The van der Waals surface area contributed by atoms with Gasteiger partial charge in [-0.2, -0.15) is 0 Å². The number of carboxylic acid groups (broad SMARTS) is 3. The average molecular weight is 455 g/mol. The fourth-order valence-corrected chi connectivity index (χ4v) is 2.77. The number of hydrogen-bond donors (Lipinski definition) is 5. The maximum absolute atomic E-state index is 12.9. The minimum Gasteiger partial charge on any atom is -0.481 e. The van der Waals surface area contributed by atoms with E-state index in [1.54, 1.807) is 0 Å². The van der Waals surface area contributed by atoms with Crippen molar-refractivity contribution in [1.82, 2.24) is 15.5 Å². The molecule has 0 spiro atoms. The smallest absolute Gasteiger partial charge is 0.326 e. The first-order chi connectivity index (χ1) is 15.0. The first-order valence-corrected chi connectivity index (χ1v) is 9.77. The van der Waals surface area contributed by atoms with Crippen molar-refractivity contribution in [1.29, 1.82) is 0 Å². The maximum atomic E-state index is 12.9. The highest BCUT2D eigenvalue weighted by molar-refractivity contribution is 5.94. The van der Waals surface area contributed by atoms with Gasteiger partial charge in [-0.05, 0) is 49.9 Å². The number of halogens is 1. The third-order valence-electron chi connectivity index (χ3n) is 4.61. The van der Waals surface area contributed by atoms with Crippen molar-refractivity contribution < 1.29 is 43.7 Å². The fraction of sp³-hybridized carbons (Fsp3) is 0.450. The second-order valence-corrected chi connectivity index (χ2v) is 7.00. The molecule has 1 rings (SSSR count). The summed E-state index contributed by atoms with van der Waals surface area (Å²) >= 11 is 0. The average Bonchev–Trinajstić information content (AvgIpc) is 2.72. The number of aliphatic carboxylic acids is 3. The predicted molar refractivity (Wildman–Crippen MR) is 109 cm³/mol. The Bertz CT molecular complexity index is 831. The molecule has 3 amide bonds. The number of benzene rings is 1. The predicted octanol–water partition coefficient (Wildman–Crippen LogP) is 1.14. The van der Waals surface area contributed by atoms with Gasteiger partial charge in [-0.3, -0.25) is 9.59 Å². The summed E-state index contributed by atoms with van der Waals surface area (Å²) < 4.78 is 12.9. The molecule has 2 unspecified atom stereocenters. The van der Waals surface area contributed by atoms with Gasteiger partial charge >= 0.3 is 23.9 Å². The SMILES string of the molecule is CN(C(=O)NC(CCC(=O)O)C(=O)O)C(CCCCNC(=O)c1ccc(F)cc1)C(=O)O. The van der Waals surface area contributed by atoms with Crippen LogP contribution in [0, 0.1) is 5.82 Å². The van der Waals surface area contributed by atoms with E-state index >= 15 is 0 Å². The molecule has 11 nitrogen and oxygen atoms in total. The summed E-state index contributed by atoms with van der Waals surface area (Å²) in [6.45, 7) is 0.231. The van der Waals surface area contributed by atoms with Crippen LogP contribution < -0.4 is 10.6 Å². The zero-order valence-corrected chi connectivity index (χ0v) is 17.4. The highest BCUT2D eigenvalue weighted by atomic mass is 19.1. The third kappa shape index (κ3) is 8.98. The Labute approximate surface area is 183 Å². The number of amides is 3. The molecule has 12 heteroatoms. The summed E-state index contributed by atoms with van der Waals surface area (Å²) in [4.78, 5) is 58.4. The summed E-state index contributed by atoms with van der Waals surface area (Å²) in [5.41, 5.74) is 0.280. The normalized spacial score (nSPS) is 12.3. The summed E-state index contributed by atoms with van der Waals surface area (Å²) in [6.07, 6.45) is -0.0522. The lowest BCUT2D eigenvalue weighted by molar-refractivity contribution is -0.142. The van der Waals surface area contributed by atoms with Gasteiger partial charge in [-0.25, -0.2) is 18.8 Å². The van der Waals surface area contributed by atoms with Crippen molar-refractivity contribution in [3.63, 3.8) is 0 Å². The Morgan fingerprint density at radius 2 is 1.59 bits per heavy atom. The molecule has 0 aromatic heterocycles. The van der Waals surface area contributed by atoms with E-state index in [1.807, 2.05) is 0 Å². The first-order valence-electron chi connectivity index (χ1n) is 9.77. The van der Waals surface area contributed by atoms with E-state index in [9.17, 15) is 33.5 Å². The van der Waals surface area contributed by atoms with Crippen LogP contribution in [0.4, 0.5) is 9.18 Å². The Morgan fingerprint density at radius 1 is 0.969 bits per heavy atom. The third-order valence-corrected chi connectivity index (χ3v) is 4.61. The monoisotopic (exact) mass is 455 g/mol. The second kappa shape index (κ2) is 12.9. The molecule has 2 atom stereocenters. The molecule has 1 aromatic carbocycles. The van der Waals surface area contributed by atoms with E-state index in [0.717, 1.165) is 17.0 Å². The van der Waals surface area contributed by atoms with E-state index in [1.165, 1.54) is 19.2 Å². The van der Waals surface area contributed by atoms with Gasteiger partial charge < -0.3 is 30.9 Å². The highest BCUT2D eigenvalue weighted by Gasteiger charge is 2.29. The van der Waals surface area contributed by atoms with E-state index in [4.69, 9.17) is 10.2 Å². The van der Waals surface area contributed by atoms with Gasteiger partial charge in [-0.15, -0.1) is 0 Å². The molecule has 32 heavy (non-hydrogen) atoms. The van der Waals surface area contributed by atoms with Crippen molar-refractivity contribution in [2.45, 2.75) is 44.2 Å². The summed E-state index contributed by atoms with van der Waals surface area (Å²) in [5, 5.41) is 31.9. The zero-order chi connectivity index (χ0) is 24.3. The number of nitrogens with one attached hydrogen (secondary N) is 2. The van der Waals surface area contributed by atoms with Gasteiger partial charge in [0, 0.05) is 25.6 Å². The Kier molecular flexibility index (Phi) is 10.6. The maximum Gasteiger partial charge on any atom is 0.326 e. The van der Waals surface area contributed by atoms with Crippen molar-refractivity contribution in [2.75, 3.05) is 13.6 Å². The number of hydrogen-bond acceptors (Lipinski definition) is 5. The molecular weight excluding hydrogens is 429 g/mol. The quantitative estimate of drug-likeness (QED) is 0.275. The summed E-state index contributed by atoms with van der Waals surface area (Å²) in [7, 11) is 1.19. The number of nitrogens with zero attached hydrogens (tertiary/aromatic N) is 1. The molecule has 176 valence electrons. The number of likely N-dealkylation sites (N-methyl/N-ethyl adjacent to an activating group) is 1. The topological polar surface area (TPSA) is 173 Å². The number of rotatable bonds is 13. The second-order valence-electron chi connectivity index (χ2n) is 7.00. The van der Waals surface area contributed by atoms with Crippen molar-refractivity contribution in [3.05, 3.63) is 35.6 Å². The summed E-state index contributed by atoms with van der Waals surface area (Å²) in [5.74, 6) is -4.83. The Balaban J connectivity index is 2.51. The highest BCUT2D eigenvalue weighted by Crippen LogP contribution is 2.10. The van der Waals surface area contributed by atoms with Crippen molar-refractivity contribution >= 4 is 29.8 Å². The van der Waals surface area contributed by atoms with Gasteiger partial charge in [0.05, 0.1) is 0 Å². The fourth-order valence-electron chi connectivity index (χ4n) is 2.77. The van der Waals surface area contributed by atoms with Gasteiger partial charge in [0.1, 0.15) is 17.9 Å². The van der Waals surface area contributed by atoms with Gasteiger partial charge in [0.2, 0.25) is 0 Å². The molecule has 0 fully saturated rings. The molecule has 0 aliphatic carbocycles. The van der Waals surface area contributed by atoms with Crippen LogP contribution in [0.1, 0.15) is 42.5 Å².